The molecule has 1 aromatic rings. The Bertz CT molecular complexity index is 290. The molecule has 0 aliphatic heterocycles. The van der Waals surface area contributed by atoms with Crippen molar-refractivity contribution >= 4 is 6.29 Å². The van der Waals surface area contributed by atoms with Gasteiger partial charge in [0.05, 0.1) is 6.61 Å². The molecular weight excluding hydrogens is 200 g/mol. The van der Waals surface area contributed by atoms with E-state index in [0.717, 1.165) is 24.9 Å². The van der Waals surface area contributed by atoms with Gasteiger partial charge in [-0.1, -0.05) is 25.5 Å². The molecule has 0 aromatic heterocycles. The lowest BCUT2D eigenvalue weighted by Gasteiger charge is -2.06. The van der Waals surface area contributed by atoms with Crippen LogP contribution in [0.15, 0.2) is 24.3 Å². The zero-order valence-electron chi connectivity index (χ0n) is 9.95. The van der Waals surface area contributed by atoms with Gasteiger partial charge >= 0.3 is 0 Å². The van der Waals surface area contributed by atoms with Gasteiger partial charge in [0.25, 0.3) is 0 Å². The molecule has 16 heavy (non-hydrogen) atoms. The van der Waals surface area contributed by atoms with Crippen molar-refractivity contribution in [1.82, 2.24) is 0 Å². The minimum atomic E-state index is 0.578. The molecule has 0 N–H and O–H groups in total. The number of carbonyl (C=O) groups is 1. The van der Waals surface area contributed by atoms with Gasteiger partial charge in [-0.15, -0.1) is 0 Å². The maximum atomic E-state index is 10.1. The smallest absolute Gasteiger partial charge is 0.120 e. The van der Waals surface area contributed by atoms with Gasteiger partial charge in [0.2, 0.25) is 0 Å². The number of benzene rings is 1. The number of rotatable bonds is 8. The number of unbranched alkanes of at least 4 members (excludes halogenated alkanes) is 2. The summed E-state index contributed by atoms with van der Waals surface area (Å²) in [4.78, 5) is 10.1. The summed E-state index contributed by atoms with van der Waals surface area (Å²) in [6.45, 7) is 2.82. The molecule has 0 fully saturated rings. The fourth-order valence-corrected chi connectivity index (χ4v) is 1.49. The first-order valence-corrected chi connectivity index (χ1v) is 6.02. The topological polar surface area (TPSA) is 26.3 Å². The summed E-state index contributed by atoms with van der Waals surface area (Å²) in [6, 6.07) is 8.24. The zero-order chi connectivity index (χ0) is 11.6. The van der Waals surface area contributed by atoms with Crippen molar-refractivity contribution in [1.29, 1.82) is 0 Å². The summed E-state index contributed by atoms with van der Waals surface area (Å²) in [5.74, 6) is 0.895. The van der Waals surface area contributed by atoms with E-state index in [1.54, 1.807) is 0 Å². The highest BCUT2D eigenvalue weighted by atomic mass is 16.5. The third-order valence-corrected chi connectivity index (χ3v) is 2.48. The first-order chi connectivity index (χ1) is 7.86. The number of hydrogen-bond donors (Lipinski definition) is 0. The summed E-state index contributed by atoms with van der Waals surface area (Å²) >= 11 is 0. The molecule has 88 valence electrons. The number of aryl methyl sites for hydroxylation is 1. The minimum Gasteiger partial charge on any atom is -0.494 e. The fraction of sp³-hybridized carbons (Fsp3) is 0.500. The molecule has 1 rings (SSSR count). The van der Waals surface area contributed by atoms with Crippen molar-refractivity contribution in [2.75, 3.05) is 6.61 Å². The van der Waals surface area contributed by atoms with Gasteiger partial charge in [-0.3, -0.25) is 0 Å². The number of ether oxygens (including phenoxy) is 1. The Balaban J connectivity index is 2.30. The predicted molar refractivity (Wildman–Crippen MR) is 65.8 cm³/mol. The molecule has 0 atom stereocenters. The van der Waals surface area contributed by atoms with Crippen LogP contribution in [0.25, 0.3) is 0 Å². The molecular formula is C14H20O2. The number of carbonyl (C=O) groups excluding carboxylic acids is 1. The molecule has 0 saturated carbocycles. The quantitative estimate of drug-likeness (QED) is 0.496. The van der Waals surface area contributed by atoms with E-state index in [1.807, 2.05) is 12.1 Å². The molecule has 0 saturated heterocycles. The molecule has 0 aliphatic rings. The summed E-state index contributed by atoms with van der Waals surface area (Å²) in [7, 11) is 0. The van der Waals surface area contributed by atoms with E-state index in [4.69, 9.17) is 4.74 Å². The van der Waals surface area contributed by atoms with Crippen LogP contribution >= 0.6 is 0 Å². The van der Waals surface area contributed by atoms with E-state index < -0.39 is 0 Å². The highest BCUT2D eigenvalue weighted by Gasteiger charge is 1.95. The summed E-state index contributed by atoms with van der Waals surface area (Å²) in [6.07, 6.45) is 5.90. The monoisotopic (exact) mass is 220 g/mol. The third-order valence-electron chi connectivity index (χ3n) is 2.48. The van der Waals surface area contributed by atoms with Gasteiger partial charge in [-0.25, -0.2) is 0 Å². The van der Waals surface area contributed by atoms with E-state index in [2.05, 4.69) is 19.1 Å². The van der Waals surface area contributed by atoms with Gasteiger partial charge in [0.1, 0.15) is 12.0 Å². The van der Waals surface area contributed by atoms with Crippen LogP contribution < -0.4 is 4.74 Å². The van der Waals surface area contributed by atoms with Gasteiger partial charge in [0.15, 0.2) is 0 Å². The summed E-state index contributed by atoms with van der Waals surface area (Å²) in [5.41, 5.74) is 1.36. The first kappa shape index (κ1) is 12.8. The number of aldehydes is 1. The largest absolute Gasteiger partial charge is 0.494 e. The number of hydrogen-bond acceptors (Lipinski definition) is 2. The molecule has 0 aliphatic carbocycles. The van der Waals surface area contributed by atoms with Crippen LogP contribution in [0, 0.1) is 0 Å². The van der Waals surface area contributed by atoms with E-state index in [-0.39, 0.29) is 0 Å². The normalized spacial score (nSPS) is 10.1. The molecule has 0 amide bonds. The standard InChI is InChI=1S/C14H20O2/c1-2-3-6-13-7-9-14(10-8-13)16-12-5-4-11-15/h7-11H,2-6,12H2,1H3. The minimum absolute atomic E-state index is 0.578. The summed E-state index contributed by atoms with van der Waals surface area (Å²) in [5, 5.41) is 0. The first-order valence-electron chi connectivity index (χ1n) is 6.02. The molecule has 0 heterocycles. The Morgan fingerprint density at radius 2 is 1.94 bits per heavy atom. The van der Waals surface area contributed by atoms with Crippen LogP contribution in [-0.4, -0.2) is 12.9 Å². The van der Waals surface area contributed by atoms with E-state index in [9.17, 15) is 4.79 Å². The van der Waals surface area contributed by atoms with Crippen molar-refractivity contribution in [3.05, 3.63) is 29.8 Å². The van der Waals surface area contributed by atoms with Crippen molar-refractivity contribution in [2.45, 2.75) is 39.0 Å². The van der Waals surface area contributed by atoms with Crippen LogP contribution in [0.1, 0.15) is 38.2 Å². The SMILES string of the molecule is CCCCc1ccc(OCCCC=O)cc1. The van der Waals surface area contributed by atoms with Crippen molar-refractivity contribution < 1.29 is 9.53 Å². The van der Waals surface area contributed by atoms with Crippen molar-refractivity contribution in [3.8, 4) is 5.75 Å². The third kappa shape index (κ3) is 4.96. The van der Waals surface area contributed by atoms with Crippen LogP contribution in [-0.2, 0) is 11.2 Å². The van der Waals surface area contributed by atoms with Crippen molar-refractivity contribution in [3.63, 3.8) is 0 Å². The maximum Gasteiger partial charge on any atom is 0.120 e. The van der Waals surface area contributed by atoms with Gasteiger partial charge in [-0.05, 0) is 37.0 Å². The maximum absolute atomic E-state index is 10.1. The lowest BCUT2D eigenvalue weighted by Crippen LogP contribution is -1.97. The van der Waals surface area contributed by atoms with Crippen LogP contribution in [0.5, 0.6) is 5.75 Å². The molecule has 0 spiro atoms. The molecule has 0 radical (unpaired) electrons. The average molecular weight is 220 g/mol. The van der Waals surface area contributed by atoms with Gasteiger partial charge in [-0.2, -0.15) is 0 Å². The summed E-state index contributed by atoms with van der Waals surface area (Å²) < 4.78 is 5.51. The molecule has 0 unspecified atom stereocenters. The highest BCUT2D eigenvalue weighted by molar-refractivity contribution is 5.49. The fourth-order valence-electron chi connectivity index (χ4n) is 1.49. The zero-order valence-corrected chi connectivity index (χ0v) is 9.95. The van der Waals surface area contributed by atoms with Gasteiger partial charge < -0.3 is 9.53 Å². The Labute approximate surface area is 97.6 Å². The van der Waals surface area contributed by atoms with E-state index in [0.29, 0.717) is 13.0 Å². The Kier molecular flexibility index (Phi) is 6.31. The molecule has 2 nitrogen and oxygen atoms in total. The van der Waals surface area contributed by atoms with Crippen LogP contribution in [0.4, 0.5) is 0 Å². The second-order valence-corrected chi connectivity index (χ2v) is 3.90. The lowest BCUT2D eigenvalue weighted by molar-refractivity contribution is -0.108. The Hall–Kier alpha value is -1.31. The van der Waals surface area contributed by atoms with Gasteiger partial charge in [0, 0.05) is 6.42 Å². The van der Waals surface area contributed by atoms with Crippen molar-refractivity contribution in [2.24, 2.45) is 0 Å². The predicted octanol–water partition coefficient (Wildman–Crippen LogP) is 3.39. The second-order valence-electron chi connectivity index (χ2n) is 3.90. The lowest BCUT2D eigenvalue weighted by atomic mass is 10.1. The van der Waals surface area contributed by atoms with Crippen LogP contribution in [0.3, 0.4) is 0 Å². The average Bonchev–Trinajstić information content (AvgIpc) is 2.33. The Morgan fingerprint density at radius 1 is 1.19 bits per heavy atom. The molecule has 1 aromatic carbocycles. The van der Waals surface area contributed by atoms with Crippen LogP contribution in [0.2, 0.25) is 0 Å². The second kappa shape index (κ2) is 7.91. The van der Waals surface area contributed by atoms with E-state index >= 15 is 0 Å². The van der Waals surface area contributed by atoms with E-state index in [1.165, 1.54) is 18.4 Å². The molecule has 2 heteroatoms. The molecule has 0 bridgehead atoms. The highest BCUT2D eigenvalue weighted by Crippen LogP contribution is 2.14. The Morgan fingerprint density at radius 3 is 2.56 bits per heavy atom.